The summed E-state index contributed by atoms with van der Waals surface area (Å²) >= 11 is 0. The third-order valence-corrected chi connectivity index (χ3v) is 2.20. The van der Waals surface area contributed by atoms with Gasteiger partial charge in [0, 0.05) is 11.6 Å². The van der Waals surface area contributed by atoms with Crippen molar-refractivity contribution >= 4 is 5.57 Å². The first-order chi connectivity index (χ1) is 7.13. The summed E-state index contributed by atoms with van der Waals surface area (Å²) in [7, 11) is 1.49. The molecule has 1 N–H and O–H groups in total. The van der Waals surface area contributed by atoms with Crippen molar-refractivity contribution in [3.05, 3.63) is 33.9 Å². The van der Waals surface area contributed by atoms with Gasteiger partial charge in [-0.05, 0) is 13.8 Å². The van der Waals surface area contributed by atoms with Crippen molar-refractivity contribution in [2.24, 2.45) is 0 Å². The minimum atomic E-state index is -0.447. The topological polar surface area (TPSA) is 59.7 Å². The van der Waals surface area contributed by atoms with E-state index in [-0.39, 0.29) is 6.61 Å². The van der Waals surface area contributed by atoms with Crippen molar-refractivity contribution in [2.75, 3.05) is 13.7 Å². The maximum Gasteiger partial charge on any atom is 0.342 e. The van der Waals surface area contributed by atoms with E-state index in [0.29, 0.717) is 22.6 Å². The lowest BCUT2D eigenvalue weighted by Gasteiger charge is -2.06. The SMILES string of the molecule is C/C=C(\CO)c1cc(OC)c(C)c(=O)o1. The number of methoxy groups -OCH3 is 1. The molecule has 15 heavy (non-hydrogen) atoms. The summed E-state index contributed by atoms with van der Waals surface area (Å²) in [5.41, 5.74) is 0.539. The van der Waals surface area contributed by atoms with E-state index >= 15 is 0 Å². The van der Waals surface area contributed by atoms with Crippen LogP contribution in [0.3, 0.4) is 0 Å². The molecule has 4 nitrogen and oxygen atoms in total. The Balaban J connectivity index is 3.34. The average Bonchev–Trinajstić information content (AvgIpc) is 2.24. The Hall–Kier alpha value is -1.55. The molecule has 0 bridgehead atoms. The maximum absolute atomic E-state index is 11.4. The summed E-state index contributed by atoms with van der Waals surface area (Å²) in [6.07, 6.45) is 1.69. The Labute approximate surface area is 87.8 Å². The Kier molecular flexibility index (Phi) is 3.68. The van der Waals surface area contributed by atoms with Crippen LogP contribution < -0.4 is 10.4 Å². The fourth-order valence-electron chi connectivity index (χ4n) is 1.22. The second-order valence-corrected chi connectivity index (χ2v) is 3.06. The molecule has 0 spiro atoms. The quantitative estimate of drug-likeness (QED) is 0.818. The first-order valence-electron chi connectivity index (χ1n) is 4.59. The van der Waals surface area contributed by atoms with Crippen LogP contribution in [0.1, 0.15) is 18.2 Å². The molecule has 0 saturated heterocycles. The van der Waals surface area contributed by atoms with Gasteiger partial charge in [-0.2, -0.15) is 0 Å². The van der Waals surface area contributed by atoms with E-state index in [2.05, 4.69) is 0 Å². The fourth-order valence-corrected chi connectivity index (χ4v) is 1.22. The van der Waals surface area contributed by atoms with E-state index in [0.717, 1.165) is 0 Å². The van der Waals surface area contributed by atoms with Crippen molar-refractivity contribution in [1.82, 2.24) is 0 Å². The predicted molar refractivity (Wildman–Crippen MR) is 57.0 cm³/mol. The van der Waals surface area contributed by atoms with Gasteiger partial charge < -0.3 is 14.3 Å². The zero-order valence-electron chi connectivity index (χ0n) is 9.03. The zero-order chi connectivity index (χ0) is 11.4. The van der Waals surface area contributed by atoms with Crippen LogP contribution in [0.25, 0.3) is 5.57 Å². The Morgan fingerprint density at radius 1 is 1.67 bits per heavy atom. The van der Waals surface area contributed by atoms with E-state index in [1.807, 2.05) is 0 Å². The summed E-state index contributed by atoms with van der Waals surface area (Å²) in [6.45, 7) is 3.21. The molecule has 0 radical (unpaired) electrons. The molecule has 0 fully saturated rings. The van der Waals surface area contributed by atoms with Gasteiger partial charge in [0.05, 0.1) is 19.3 Å². The lowest BCUT2D eigenvalue weighted by molar-refractivity contribution is 0.343. The first-order valence-corrected chi connectivity index (χ1v) is 4.59. The molecular weight excluding hydrogens is 196 g/mol. The van der Waals surface area contributed by atoms with Crippen LogP contribution in [0.4, 0.5) is 0 Å². The minimum absolute atomic E-state index is 0.175. The molecule has 4 heteroatoms. The van der Waals surface area contributed by atoms with E-state index < -0.39 is 5.63 Å². The minimum Gasteiger partial charge on any atom is -0.496 e. The molecule has 1 heterocycles. The van der Waals surface area contributed by atoms with Crippen LogP contribution >= 0.6 is 0 Å². The average molecular weight is 210 g/mol. The predicted octanol–water partition coefficient (Wildman–Crippen LogP) is 1.35. The lowest BCUT2D eigenvalue weighted by atomic mass is 10.1. The van der Waals surface area contributed by atoms with Crippen LogP contribution in [0.5, 0.6) is 5.75 Å². The maximum atomic E-state index is 11.4. The number of hydrogen-bond acceptors (Lipinski definition) is 4. The van der Waals surface area contributed by atoms with Crippen molar-refractivity contribution in [3.63, 3.8) is 0 Å². The van der Waals surface area contributed by atoms with Gasteiger partial charge in [0.25, 0.3) is 0 Å². The van der Waals surface area contributed by atoms with Crippen LogP contribution in [-0.2, 0) is 0 Å². The largest absolute Gasteiger partial charge is 0.496 e. The molecule has 0 aromatic carbocycles. The van der Waals surface area contributed by atoms with E-state index in [1.165, 1.54) is 7.11 Å². The standard InChI is InChI=1S/C11H14O4/c1-4-8(6-12)10-5-9(14-3)7(2)11(13)15-10/h4-5,12H,6H2,1-3H3/b8-4+. The normalized spacial score (nSPS) is 11.6. The second-order valence-electron chi connectivity index (χ2n) is 3.06. The van der Waals surface area contributed by atoms with E-state index in [1.54, 1.807) is 26.0 Å². The van der Waals surface area contributed by atoms with Crippen molar-refractivity contribution in [2.45, 2.75) is 13.8 Å². The molecule has 0 saturated carbocycles. The summed E-state index contributed by atoms with van der Waals surface area (Å²) in [5.74, 6) is 0.807. The van der Waals surface area contributed by atoms with Crippen molar-refractivity contribution in [1.29, 1.82) is 0 Å². The third-order valence-electron chi connectivity index (χ3n) is 2.20. The summed E-state index contributed by atoms with van der Waals surface area (Å²) in [5, 5.41) is 9.03. The van der Waals surface area contributed by atoms with E-state index in [9.17, 15) is 4.79 Å². The van der Waals surface area contributed by atoms with Gasteiger partial charge in [-0.1, -0.05) is 6.08 Å². The van der Waals surface area contributed by atoms with Gasteiger partial charge in [-0.25, -0.2) is 4.79 Å². The molecule has 0 unspecified atom stereocenters. The van der Waals surface area contributed by atoms with Gasteiger partial charge in [-0.15, -0.1) is 0 Å². The van der Waals surface area contributed by atoms with Gasteiger partial charge in [0.15, 0.2) is 0 Å². The highest BCUT2D eigenvalue weighted by Gasteiger charge is 2.10. The monoisotopic (exact) mass is 210 g/mol. The van der Waals surface area contributed by atoms with Crippen molar-refractivity contribution < 1.29 is 14.3 Å². The number of aliphatic hydroxyl groups excluding tert-OH is 1. The van der Waals surface area contributed by atoms with Gasteiger partial charge >= 0.3 is 5.63 Å². The van der Waals surface area contributed by atoms with Gasteiger partial charge in [0.1, 0.15) is 11.5 Å². The van der Waals surface area contributed by atoms with Crippen molar-refractivity contribution in [3.8, 4) is 5.75 Å². The Morgan fingerprint density at radius 2 is 2.33 bits per heavy atom. The molecule has 0 aliphatic heterocycles. The smallest absolute Gasteiger partial charge is 0.342 e. The van der Waals surface area contributed by atoms with Gasteiger partial charge in [-0.3, -0.25) is 0 Å². The highest BCUT2D eigenvalue weighted by atomic mass is 16.5. The third kappa shape index (κ3) is 2.27. The molecule has 0 amide bonds. The van der Waals surface area contributed by atoms with E-state index in [4.69, 9.17) is 14.3 Å². The Morgan fingerprint density at radius 3 is 2.80 bits per heavy atom. The molecule has 0 aliphatic rings. The number of hydrogen-bond donors (Lipinski definition) is 1. The molecule has 0 atom stereocenters. The van der Waals surface area contributed by atoms with Crippen LogP contribution in [-0.4, -0.2) is 18.8 Å². The van der Waals surface area contributed by atoms with Crippen LogP contribution in [0, 0.1) is 6.92 Å². The zero-order valence-corrected chi connectivity index (χ0v) is 9.03. The molecule has 1 rings (SSSR count). The summed E-state index contributed by atoms with van der Waals surface area (Å²) in [4.78, 5) is 11.4. The highest BCUT2D eigenvalue weighted by molar-refractivity contribution is 5.62. The highest BCUT2D eigenvalue weighted by Crippen LogP contribution is 2.20. The number of allylic oxidation sites excluding steroid dienone is 1. The molecule has 82 valence electrons. The molecule has 1 aromatic heterocycles. The second kappa shape index (κ2) is 4.79. The van der Waals surface area contributed by atoms with Gasteiger partial charge in [0.2, 0.25) is 0 Å². The molecule has 1 aromatic rings. The number of rotatable bonds is 3. The fraction of sp³-hybridized carbons (Fsp3) is 0.364. The lowest BCUT2D eigenvalue weighted by Crippen LogP contribution is -2.08. The summed E-state index contributed by atoms with van der Waals surface area (Å²) in [6, 6.07) is 1.60. The van der Waals surface area contributed by atoms with Crippen LogP contribution in [0.2, 0.25) is 0 Å². The summed E-state index contributed by atoms with van der Waals surface area (Å²) < 4.78 is 10.1. The first kappa shape index (κ1) is 11.5. The Bertz CT molecular complexity index is 429. The molecular formula is C11H14O4. The number of aliphatic hydroxyl groups is 1. The number of ether oxygens (including phenoxy) is 1. The molecule has 0 aliphatic carbocycles. The van der Waals surface area contributed by atoms with Crippen LogP contribution in [0.15, 0.2) is 21.4 Å².